The van der Waals surface area contributed by atoms with Gasteiger partial charge in [0, 0.05) is 16.7 Å². The molecule has 0 atom stereocenters. The number of para-hydroxylation sites is 2. The van der Waals surface area contributed by atoms with E-state index in [-0.39, 0.29) is 5.92 Å². The molecule has 0 saturated carbocycles. The molecule has 0 saturated heterocycles. The van der Waals surface area contributed by atoms with Crippen molar-refractivity contribution in [3.8, 4) is 0 Å². The molecule has 2 aromatic heterocycles. The molecule has 4 aromatic rings. The zero-order chi connectivity index (χ0) is 17.4. The Morgan fingerprint density at radius 1 is 1.08 bits per heavy atom. The molecule has 6 heteroatoms. The van der Waals surface area contributed by atoms with Gasteiger partial charge in [-0.25, -0.2) is 4.98 Å². The molecule has 0 aliphatic carbocycles. The molecule has 4 nitrogen and oxygen atoms in total. The molecule has 0 unspecified atom stereocenters. The third-order valence-electron chi connectivity index (χ3n) is 4.00. The molecule has 0 spiro atoms. The summed E-state index contributed by atoms with van der Waals surface area (Å²) < 4.78 is 2.13. The van der Waals surface area contributed by atoms with E-state index in [9.17, 15) is 0 Å². The first-order valence-electron chi connectivity index (χ1n) is 8.14. The topological polar surface area (TPSA) is 43.1 Å². The van der Waals surface area contributed by atoms with Crippen LogP contribution in [-0.4, -0.2) is 19.6 Å². The molecular weight excluding hydrogens is 352 g/mol. The number of aromatic nitrogens is 4. The van der Waals surface area contributed by atoms with Gasteiger partial charge in [0.2, 0.25) is 0 Å². The summed E-state index contributed by atoms with van der Waals surface area (Å²) in [5.74, 6) is 2.02. The van der Waals surface area contributed by atoms with Crippen molar-refractivity contribution in [2.75, 3.05) is 0 Å². The van der Waals surface area contributed by atoms with E-state index in [4.69, 9.17) is 16.6 Å². The van der Waals surface area contributed by atoms with Gasteiger partial charge >= 0.3 is 0 Å². The number of fused-ring (bicyclic) bond motifs is 3. The minimum Gasteiger partial charge on any atom is -0.275 e. The zero-order valence-electron chi connectivity index (χ0n) is 14.0. The fourth-order valence-corrected chi connectivity index (χ4v) is 3.95. The summed E-state index contributed by atoms with van der Waals surface area (Å²) in [4.78, 5) is 4.82. The van der Waals surface area contributed by atoms with Crippen molar-refractivity contribution in [3.63, 3.8) is 0 Å². The second-order valence-corrected chi connectivity index (χ2v) is 7.60. The lowest BCUT2D eigenvalue weighted by Crippen LogP contribution is -2.01. The van der Waals surface area contributed by atoms with Crippen molar-refractivity contribution in [3.05, 3.63) is 64.9 Å². The van der Waals surface area contributed by atoms with Crippen molar-refractivity contribution in [2.24, 2.45) is 0 Å². The molecule has 0 N–H and O–H groups in total. The predicted octanol–water partition coefficient (Wildman–Crippen LogP) is 5.35. The number of rotatable bonds is 4. The molecule has 0 radical (unpaired) electrons. The normalized spacial score (nSPS) is 11.7. The van der Waals surface area contributed by atoms with Gasteiger partial charge in [0.05, 0.1) is 11.0 Å². The standard InChI is InChI=1S/C19H17ClN4S/c1-12(2)17-22-23-18-19(25-11-13-6-5-7-14(20)10-13)21-15-8-3-4-9-16(15)24(17)18/h3-10,12H,11H2,1-2H3. The van der Waals surface area contributed by atoms with Gasteiger partial charge in [0.15, 0.2) is 5.65 Å². The van der Waals surface area contributed by atoms with Gasteiger partial charge in [-0.1, -0.05) is 61.5 Å². The van der Waals surface area contributed by atoms with Crippen LogP contribution in [0.5, 0.6) is 0 Å². The average molecular weight is 369 g/mol. The molecule has 0 bridgehead atoms. The molecule has 4 rings (SSSR count). The Hall–Kier alpha value is -2.11. The van der Waals surface area contributed by atoms with Crippen molar-refractivity contribution in [1.29, 1.82) is 0 Å². The van der Waals surface area contributed by atoms with Crippen LogP contribution in [0.15, 0.2) is 53.6 Å². The van der Waals surface area contributed by atoms with Gasteiger partial charge in [-0.05, 0) is 29.8 Å². The van der Waals surface area contributed by atoms with Crippen molar-refractivity contribution >= 4 is 40.0 Å². The first-order chi connectivity index (χ1) is 12.1. The molecular formula is C19H17ClN4S. The fourth-order valence-electron chi connectivity index (χ4n) is 2.83. The van der Waals surface area contributed by atoms with E-state index in [0.29, 0.717) is 0 Å². The Balaban J connectivity index is 1.82. The van der Waals surface area contributed by atoms with E-state index in [1.165, 1.54) is 0 Å². The molecule has 0 aliphatic rings. The van der Waals surface area contributed by atoms with Gasteiger partial charge in [0.1, 0.15) is 10.9 Å². The third-order valence-corrected chi connectivity index (χ3v) is 5.27. The first-order valence-corrected chi connectivity index (χ1v) is 9.51. The van der Waals surface area contributed by atoms with Crippen LogP contribution in [0.1, 0.15) is 31.2 Å². The van der Waals surface area contributed by atoms with Crippen LogP contribution in [0.25, 0.3) is 16.7 Å². The minimum absolute atomic E-state index is 0.284. The summed E-state index contributed by atoms with van der Waals surface area (Å²) in [5.41, 5.74) is 3.97. The van der Waals surface area contributed by atoms with Gasteiger partial charge in [-0.2, -0.15) is 0 Å². The van der Waals surface area contributed by atoms with E-state index in [1.807, 2.05) is 36.4 Å². The smallest absolute Gasteiger partial charge is 0.193 e. The van der Waals surface area contributed by atoms with Crippen LogP contribution >= 0.6 is 23.4 Å². The van der Waals surface area contributed by atoms with Crippen LogP contribution in [0.2, 0.25) is 5.02 Å². The van der Waals surface area contributed by atoms with Gasteiger partial charge in [-0.3, -0.25) is 4.40 Å². The minimum atomic E-state index is 0.284. The molecule has 2 heterocycles. The highest BCUT2D eigenvalue weighted by atomic mass is 35.5. The molecule has 0 aliphatic heterocycles. The van der Waals surface area contributed by atoms with E-state index in [0.717, 1.165) is 43.9 Å². The maximum absolute atomic E-state index is 6.09. The quantitative estimate of drug-likeness (QED) is 0.455. The molecule has 2 aromatic carbocycles. The SMILES string of the molecule is CC(C)c1nnc2c(SCc3cccc(Cl)c3)nc3ccccc3n12. The maximum atomic E-state index is 6.09. The lowest BCUT2D eigenvalue weighted by Gasteiger charge is -2.09. The maximum Gasteiger partial charge on any atom is 0.193 e. The van der Waals surface area contributed by atoms with Gasteiger partial charge < -0.3 is 0 Å². The zero-order valence-corrected chi connectivity index (χ0v) is 15.6. The number of nitrogens with zero attached hydrogens (tertiary/aromatic N) is 4. The summed E-state index contributed by atoms with van der Waals surface area (Å²) in [6.45, 7) is 4.26. The molecule has 25 heavy (non-hydrogen) atoms. The van der Waals surface area contributed by atoms with E-state index < -0.39 is 0 Å². The summed E-state index contributed by atoms with van der Waals surface area (Å²) >= 11 is 7.75. The Bertz CT molecular complexity index is 1060. The number of halogens is 1. The molecule has 0 fully saturated rings. The largest absolute Gasteiger partial charge is 0.275 e. The Kier molecular flexibility index (Phi) is 4.36. The summed E-state index contributed by atoms with van der Waals surface area (Å²) in [6, 6.07) is 16.0. The second kappa shape index (κ2) is 6.65. The first kappa shape index (κ1) is 16.4. The van der Waals surface area contributed by atoms with Crippen LogP contribution in [-0.2, 0) is 5.75 Å². The highest BCUT2D eigenvalue weighted by molar-refractivity contribution is 7.98. The van der Waals surface area contributed by atoms with Crippen LogP contribution in [0.4, 0.5) is 0 Å². The Labute approximate surface area is 155 Å². The van der Waals surface area contributed by atoms with E-state index >= 15 is 0 Å². The van der Waals surface area contributed by atoms with Crippen molar-refractivity contribution in [2.45, 2.75) is 30.5 Å². The second-order valence-electron chi connectivity index (χ2n) is 6.20. The monoisotopic (exact) mass is 368 g/mol. The fraction of sp³-hybridized carbons (Fsp3) is 0.211. The summed E-state index contributed by atoms with van der Waals surface area (Å²) in [6.07, 6.45) is 0. The predicted molar refractivity (Wildman–Crippen MR) is 103 cm³/mol. The van der Waals surface area contributed by atoms with Crippen LogP contribution < -0.4 is 0 Å². The third kappa shape index (κ3) is 3.10. The number of hydrogen-bond acceptors (Lipinski definition) is 4. The lowest BCUT2D eigenvalue weighted by atomic mass is 10.2. The van der Waals surface area contributed by atoms with Gasteiger partial charge in [0.25, 0.3) is 0 Å². The van der Waals surface area contributed by atoms with E-state index in [1.54, 1.807) is 11.8 Å². The Morgan fingerprint density at radius 2 is 1.92 bits per heavy atom. The average Bonchev–Trinajstić information content (AvgIpc) is 3.05. The summed E-state index contributed by atoms with van der Waals surface area (Å²) in [5, 5.41) is 10.5. The number of hydrogen-bond donors (Lipinski definition) is 0. The van der Waals surface area contributed by atoms with Crippen LogP contribution in [0, 0.1) is 0 Å². The summed E-state index contributed by atoms with van der Waals surface area (Å²) in [7, 11) is 0. The molecule has 126 valence electrons. The van der Waals surface area contributed by atoms with E-state index in [2.05, 4.69) is 40.6 Å². The highest BCUT2D eigenvalue weighted by Crippen LogP contribution is 2.30. The number of benzene rings is 2. The Morgan fingerprint density at radius 3 is 2.72 bits per heavy atom. The van der Waals surface area contributed by atoms with Gasteiger partial charge in [-0.15, -0.1) is 10.2 Å². The lowest BCUT2D eigenvalue weighted by molar-refractivity contribution is 0.765. The number of thioether (sulfide) groups is 1. The van der Waals surface area contributed by atoms with Crippen molar-refractivity contribution < 1.29 is 0 Å². The van der Waals surface area contributed by atoms with Crippen LogP contribution in [0.3, 0.4) is 0 Å². The molecule has 0 amide bonds. The van der Waals surface area contributed by atoms with Crippen molar-refractivity contribution in [1.82, 2.24) is 19.6 Å². The highest BCUT2D eigenvalue weighted by Gasteiger charge is 2.17.